The van der Waals surface area contributed by atoms with Gasteiger partial charge in [0.05, 0.1) is 31.6 Å². The summed E-state index contributed by atoms with van der Waals surface area (Å²) in [6.07, 6.45) is 2.50. The predicted molar refractivity (Wildman–Crippen MR) is 136 cm³/mol. The van der Waals surface area contributed by atoms with Crippen molar-refractivity contribution in [2.45, 2.75) is 51.7 Å². The number of fused-ring (bicyclic) bond motifs is 1. The fourth-order valence-corrected chi connectivity index (χ4v) is 5.14. The molecule has 2 aromatic rings. The number of cyclic esters (lactones) is 1. The molecule has 10 heteroatoms. The van der Waals surface area contributed by atoms with Gasteiger partial charge in [-0.2, -0.15) is 0 Å². The van der Waals surface area contributed by atoms with Crippen LogP contribution in [-0.4, -0.2) is 78.4 Å². The van der Waals surface area contributed by atoms with Crippen LogP contribution in [0.2, 0.25) is 0 Å². The first-order valence-electron chi connectivity index (χ1n) is 12.8. The Hall–Kier alpha value is -3.24. The molecule has 5 rings (SSSR count). The predicted octanol–water partition coefficient (Wildman–Crippen LogP) is 2.57. The summed E-state index contributed by atoms with van der Waals surface area (Å²) in [4.78, 5) is 38.9. The van der Waals surface area contributed by atoms with E-state index in [1.165, 1.54) is 0 Å². The van der Waals surface area contributed by atoms with Crippen LogP contribution in [0.1, 0.15) is 37.9 Å². The van der Waals surface area contributed by atoms with Crippen LogP contribution in [0.4, 0.5) is 16.3 Å². The number of amides is 2. The van der Waals surface area contributed by atoms with Gasteiger partial charge < -0.3 is 25.0 Å². The molecule has 10 nitrogen and oxygen atoms in total. The maximum absolute atomic E-state index is 12.4. The molecular weight excluding hydrogens is 460 g/mol. The number of carbonyl (C=O) groups excluding carboxylic acids is 2. The van der Waals surface area contributed by atoms with Crippen LogP contribution >= 0.6 is 0 Å². The van der Waals surface area contributed by atoms with Gasteiger partial charge in [-0.1, -0.05) is 0 Å². The first kappa shape index (κ1) is 24.5. The number of morpholine rings is 1. The number of hydrogen-bond acceptors (Lipinski definition) is 8. The summed E-state index contributed by atoms with van der Waals surface area (Å²) in [7, 11) is 0. The minimum absolute atomic E-state index is 0.129. The maximum Gasteiger partial charge on any atom is 0.323 e. The molecule has 1 aromatic heterocycles. The monoisotopic (exact) mass is 494 g/mol. The van der Waals surface area contributed by atoms with E-state index >= 15 is 0 Å². The van der Waals surface area contributed by atoms with E-state index in [0.29, 0.717) is 44.4 Å². The Morgan fingerprint density at radius 1 is 1.17 bits per heavy atom. The van der Waals surface area contributed by atoms with Gasteiger partial charge in [-0.25, -0.2) is 14.8 Å². The molecule has 1 unspecified atom stereocenters. The zero-order chi connectivity index (χ0) is 25.1. The van der Waals surface area contributed by atoms with Crippen molar-refractivity contribution in [2.75, 3.05) is 49.7 Å². The summed E-state index contributed by atoms with van der Waals surface area (Å²) in [6, 6.07) is 7.32. The second-order valence-corrected chi connectivity index (χ2v) is 9.52. The molecule has 0 radical (unpaired) electrons. The summed E-state index contributed by atoms with van der Waals surface area (Å²) in [6.45, 7) is 8.57. The average molecular weight is 495 g/mol. The highest BCUT2D eigenvalue weighted by Crippen LogP contribution is 2.33. The molecule has 0 bridgehead atoms. The van der Waals surface area contributed by atoms with Gasteiger partial charge in [-0.3, -0.25) is 9.69 Å². The molecule has 2 amide bonds. The van der Waals surface area contributed by atoms with Crippen molar-refractivity contribution in [3.8, 4) is 11.4 Å². The van der Waals surface area contributed by atoms with Crippen molar-refractivity contribution in [3.63, 3.8) is 0 Å². The second-order valence-electron chi connectivity index (χ2n) is 9.52. The summed E-state index contributed by atoms with van der Waals surface area (Å²) in [5.74, 6) is 1.47. The van der Waals surface area contributed by atoms with E-state index in [-0.39, 0.29) is 24.1 Å². The van der Waals surface area contributed by atoms with Crippen LogP contribution in [0.25, 0.3) is 11.4 Å². The molecule has 2 N–H and O–H groups in total. The first-order chi connectivity index (χ1) is 17.5. The number of anilines is 2. The number of nitrogens with one attached hydrogen (secondary N) is 2. The lowest BCUT2D eigenvalue weighted by Crippen LogP contribution is -2.48. The molecular formula is C26H34N6O4. The Balaban J connectivity index is 1.47. The van der Waals surface area contributed by atoms with Gasteiger partial charge in [-0.15, -0.1) is 0 Å². The van der Waals surface area contributed by atoms with Gasteiger partial charge in [0, 0.05) is 43.0 Å². The third-order valence-corrected chi connectivity index (χ3v) is 7.03. The van der Waals surface area contributed by atoms with Gasteiger partial charge in [0.25, 0.3) is 0 Å². The fourth-order valence-electron chi connectivity index (χ4n) is 5.14. The lowest BCUT2D eigenvalue weighted by Gasteiger charge is -2.39. The minimum atomic E-state index is -0.236. The van der Waals surface area contributed by atoms with Crippen molar-refractivity contribution in [1.29, 1.82) is 0 Å². The SMILES string of the molecule is CCNC(=O)Nc1ccc(-c2nc3c(c(N4CCOC[C@@H]4C)n2)CCN(C2CCCOC2=O)C3)cc1. The van der Waals surface area contributed by atoms with Gasteiger partial charge in [0.15, 0.2) is 5.82 Å². The highest BCUT2D eigenvalue weighted by atomic mass is 16.5. The van der Waals surface area contributed by atoms with E-state index < -0.39 is 0 Å². The maximum atomic E-state index is 12.4. The molecule has 3 aliphatic heterocycles. The molecule has 0 spiro atoms. The molecule has 1 aromatic carbocycles. The molecule has 2 fully saturated rings. The smallest absolute Gasteiger partial charge is 0.323 e. The summed E-state index contributed by atoms with van der Waals surface area (Å²) in [5.41, 5.74) is 3.69. The van der Waals surface area contributed by atoms with E-state index in [1.807, 2.05) is 31.2 Å². The number of esters is 1. The lowest BCUT2D eigenvalue weighted by molar-refractivity contribution is -0.155. The highest BCUT2D eigenvalue weighted by molar-refractivity contribution is 5.89. The Morgan fingerprint density at radius 2 is 2.00 bits per heavy atom. The summed E-state index contributed by atoms with van der Waals surface area (Å²) < 4.78 is 11.0. The number of nitrogens with zero attached hydrogens (tertiary/aromatic N) is 4. The fraction of sp³-hybridized carbons (Fsp3) is 0.538. The van der Waals surface area contributed by atoms with Crippen LogP contribution in [0.3, 0.4) is 0 Å². The normalized spacial score (nSPS) is 22.5. The average Bonchev–Trinajstić information content (AvgIpc) is 2.89. The number of carbonyl (C=O) groups is 2. The molecule has 36 heavy (non-hydrogen) atoms. The highest BCUT2D eigenvalue weighted by Gasteiger charge is 2.35. The van der Waals surface area contributed by atoms with E-state index in [0.717, 1.165) is 55.0 Å². The van der Waals surface area contributed by atoms with Crippen LogP contribution < -0.4 is 15.5 Å². The molecule has 4 heterocycles. The third-order valence-electron chi connectivity index (χ3n) is 7.03. The Morgan fingerprint density at radius 3 is 2.75 bits per heavy atom. The van der Waals surface area contributed by atoms with Gasteiger partial charge >= 0.3 is 12.0 Å². The molecule has 2 atom stereocenters. The van der Waals surface area contributed by atoms with Gasteiger partial charge in [0.2, 0.25) is 0 Å². The number of benzene rings is 1. The second kappa shape index (κ2) is 10.8. The quantitative estimate of drug-likeness (QED) is 0.611. The van der Waals surface area contributed by atoms with E-state index in [2.05, 4.69) is 27.4 Å². The van der Waals surface area contributed by atoms with Crippen LogP contribution in [0.15, 0.2) is 24.3 Å². The Labute approximate surface area is 211 Å². The Kier molecular flexibility index (Phi) is 7.33. The molecule has 0 saturated carbocycles. The van der Waals surface area contributed by atoms with Gasteiger partial charge in [0.1, 0.15) is 11.9 Å². The standard InChI is InChI=1S/C26H34N6O4/c1-3-27-26(34)28-19-8-6-18(7-9-19)23-29-21-15-31(22-5-4-13-36-25(22)33)11-10-20(21)24(30-23)32-12-14-35-16-17(32)2/h6-9,17,22H,3-5,10-16H2,1-2H3,(H2,27,28,34)/t17-,22?/m0/s1. The first-order valence-corrected chi connectivity index (χ1v) is 12.8. The molecule has 3 aliphatic rings. The number of hydrogen-bond donors (Lipinski definition) is 2. The van der Waals surface area contributed by atoms with Crippen molar-refractivity contribution < 1.29 is 19.1 Å². The molecule has 192 valence electrons. The lowest BCUT2D eigenvalue weighted by atomic mass is 9.99. The van der Waals surface area contributed by atoms with E-state index in [4.69, 9.17) is 19.4 Å². The van der Waals surface area contributed by atoms with E-state index in [9.17, 15) is 9.59 Å². The zero-order valence-electron chi connectivity index (χ0n) is 21.0. The van der Waals surface area contributed by atoms with Crippen molar-refractivity contribution >= 4 is 23.5 Å². The van der Waals surface area contributed by atoms with Crippen LogP contribution in [0, 0.1) is 0 Å². The Bertz CT molecular complexity index is 1110. The van der Waals surface area contributed by atoms with Crippen LogP contribution in [0.5, 0.6) is 0 Å². The van der Waals surface area contributed by atoms with E-state index in [1.54, 1.807) is 0 Å². The zero-order valence-corrected chi connectivity index (χ0v) is 21.0. The minimum Gasteiger partial charge on any atom is -0.465 e. The molecule has 0 aliphatic carbocycles. The van der Waals surface area contributed by atoms with Crippen molar-refractivity contribution in [1.82, 2.24) is 20.2 Å². The van der Waals surface area contributed by atoms with Gasteiger partial charge in [-0.05, 0) is 57.4 Å². The van der Waals surface area contributed by atoms with Crippen molar-refractivity contribution in [2.24, 2.45) is 0 Å². The van der Waals surface area contributed by atoms with Crippen molar-refractivity contribution in [3.05, 3.63) is 35.5 Å². The largest absolute Gasteiger partial charge is 0.465 e. The number of aromatic nitrogens is 2. The number of rotatable bonds is 5. The summed E-state index contributed by atoms with van der Waals surface area (Å²) in [5, 5.41) is 5.55. The number of ether oxygens (including phenoxy) is 2. The molecule has 2 saturated heterocycles. The third kappa shape index (κ3) is 5.15. The van der Waals surface area contributed by atoms with Crippen LogP contribution in [-0.2, 0) is 27.2 Å². The summed E-state index contributed by atoms with van der Waals surface area (Å²) >= 11 is 0. The number of urea groups is 1. The topological polar surface area (TPSA) is 109 Å².